The number of fused-ring (bicyclic) bond motifs is 2. The molecule has 7 nitrogen and oxygen atoms in total. The average molecular weight is 603 g/mol. The standard InChI is InChI=1S/C30H26Cl2F2N2O5/c1-14-5-9-20(33)25(34)24(14)26-30(18-8-6-16(32)12-21(18)35-27(30)38)19(13-23(37)36-26)17-11-15(31)7-10-22(17)41-29(2,3)28(39)40-4/h5-12,19,26H,13H2,1-4H3,(H,35,38)(H,36,37)/t19-,26-,30-/m1/s1. The van der Waals surface area contributed by atoms with Gasteiger partial charge >= 0.3 is 5.97 Å². The van der Waals surface area contributed by atoms with Crippen LogP contribution in [0.5, 0.6) is 5.75 Å². The topological polar surface area (TPSA) is 93.7 Å². The number of hydrogen-bond acceptors (Lipinski definition) is 5. The molecule has 2 amide bonds. The number of hydrogen-bond donors (Lipinski definition) is 2. The van der Waals surface area contributed by atoms with Crippen LogP contribution >= 0.6 is 23.2 Å². The molecule has 0 bridgehead atoms. The Morgan fingerprint density at radius 1 is 1.05 bits per heavy atom. The number of nitrogens with one attached hydrogen (secondary N) is 2. The van der Waals surface area contributed by atoms with Crippen LogP contribution in [0.3, 0.4) is 0 Å². The molecule has 1 saturated heterocycles. The number of piperidine rings is 1. The highest BCUT2D eigenvalue weighted by Crippen LogP contribution is 2.59. The van der Waals surface area contributed by atoms with Crippen molar-refractivity contribution >= 4 is 46.7 Å². The van der Waals surface area contributed by atoms with Crippen LogP contribution in [0.25, 0.3) is 0 Å². The van der Waals surface area contributed by atoms with Crippen LogP contribution in [0.2, 0.25) is 10.0 Å². The van der Waals surface area contributed by atoms with Gasteiger partial charge in [0.05, 0.1) is 13.2 Å². The Kier molecular flexibility index (Phi) is 7.24. The molecule has 214 valence electrons. The number of methoxy groups -OCH3 is 1. The Labute approximate surface area is 245 Å². The fraction of sp³-hybridized carbons (Fsp3) is 0.300. The maximum absolute atomic E-state index is 15.6. The van der Waals surface area contributed by atoms with Crippen LogP contribution in [0.4, 0.5) is 14.5 Å². The Balaban J connectivity index is 1.83. The summed E-state index contributed by atoms with van der Waals surface area (Å²) in [5.74, 6) is -4.89. The van der Waals surface area contributed by atoms with Crippen molar-refractivity contribution in [1.82, 2.24) is 5.32 Å². The smallest absolute Gasteiger partial charge is 0.349 e. The van der Waals surface area contributed by atoms with Crippen LogP contribution < -0.4 is 15.4 Å². The van der Waals surface area contributed by atoms with Gasteiger partial charge in [-0.1, -0.05) is 35.3 Å². The van der Waals surface area contributed by atoms with E-state index in [0.717, 1.165) is 6.07 Å². The molecule has 0 unspecified atom stereocenters. The van der Waals surface area contributed by atoms with Gasteiger partial charge in [0, 0.05) is 39.2 Å². The number of carbonyl (C=O) groups is 3. The molecule has 0 aliphatic carbocycles. The normalized spacial score (nSPS) is 21.8. The highest BCUT2D eigenvalue weighted by atomic mass is 35.5. The number of carbonyl (C=O) groups excluding carboxylic acids is 3. The van der Waals surface area contributed by atoms with Crippen LogP contribution in [0.1, 0.15) is 54.5 Å². The highest BCUT2D eigenvalue weighted by molar-refractivity contribution is 6.31. The maximum atomic E-state index is 15.6. The van der Waals surface area contributed by atoms with Crippen molar-refractivity contribution in [3.05, 3.63) is 92.5 Å². The fourth-order valence-corrected chi connectivity index (χ4v) is 6.31. The van der Waals surface area contributed by atoms with Gasteiger partial charge in [0.15, 0.2) is 17.2 Å². The number of aryl methyl sites for hydroxylation is 1. The van der Waals surface area contributed by atoms with E-state index in [1.165, 1.54) is 33.1 Å². The lowest BCUT2D eigenvalue weighted by Crippen LogP contribution is -2.57. The molecule has 0 aromatic heterocycles. The highest BCUT2D eigenvalue weighted by Gasteiger charge is 2.62. The van der Waals surface area contributed by atoms with Crippen LogP contribution in [0, 0.1) is 18.6 Å². The van der Waals surface area contributed by atoms with E-state index in [1.807, 2.05) is 0 Å². The van der Waals surface area contributed by atoms with E-state index >= 15 is 4.39 Å². The van der Waals surface area contributed by atoms with Gasteiger partial charge in [-0.15, -0.1) is 0 Å². The predicted molar refractivity (Wildman–Crippen MR) is 149 cm³/mol. The van der Waals surface area contributed by atoms with E-state index in [4.69, 9.17) is 32.7 Å². The molecule has 1 spiro atoms. The van der Waals surface area contributed by atoms with E-state index in [2.05, 4.69) is 10.6 Å². The van der Waals surface area contributed by atoms with Gasteiger partial charge in [-0.05, 0) is 68.3 Å². The van der Waals surface area contributed by atoms with E-state index < -0.39 is 52.4 Å². The summed E-state index contributed by atoms with van der Waals surface area (Å²) in [7, 11) is 1.22. The van der Waals surface area contributed by atoms with Gasteiger partial charge in [-0.25, -0.2) is 13.6 Å². The largest absolute Gasteiger partial charge is 0.476 e. The minimum atomic E-state index is -1.70. The lowest BCUT2D eigenvalue weighted by molar-refractivity contribution is -0.156. The van der Waals surface area contributed by atoms with E-state index in [0.29, 0.717) is 27.4 Å². The van der Waals surface area contributed by atoms with Gasteiger partial charge in [0.25, 0.3) is 0 Å². The molecule has 3 aromatic carbocycles. The van der Waals surface area contributed by atoms with Crippen LogP contribution in [-0.2, 0) is 24.5 Å². The second-order valence-electron chi connectivity index (χ2n) is 10.6. The number of benzene rings is 3. The Bertz CT molecular complexity index is 1610. The lowest BCUT2D eigenvalue weighted by atomic mass is 9.58. The minimum absolute atomic E-state index is 0.161. The zero-order chi connectivity index (χ0) is 29.9. The van der Waals surface area contributed by atoms with Crippen molar-refractivity contribution in [2.75, 3.05) is 12.4 Å². The Hall–Kier alpha value is -3.69. The number of anilines is 1. The van der Waals surface area contributed by atoms with Crippen molar-refractivity contribution in [2.45, 2.75) is 50.2 Å². The summed E-state index contributed by atoms with van der Waals surface area (Å²) in [5, 5.41) is 6.23. The summed E-state index contributed by atoms with van der Waals surface area (Å²) in [5.41, 5.74) is -1.90. The first-order valence-electron chi connectivity index (χ1n) is 12.7. The molecule has 2 N–H and O–H groups in total. The first kappa shape index (κ1) is 28.8. The van der Waals surface area contributed by atoms with Crippen molar-refractivity contribution in [2.24, 2.45) is 0 Å². The molecular formula is C30H26Cl2F2N2O5. The number of esters is 1. The number of halogens is 4. The second kappa shape index (κ2) is 10.3. The molecule has 41 heavy (non-hydrogen) atoms. The third-order valence-electron chi connectivity index (χ3n) is 7.78. The molecule has 11 heteroatoms. The fourth-order valence-electron chi connectivity index (χ4n) is 5.96. The molecule has 3 atom stereocenters. The SMILES string of the molecule is COC(=O)C(C)(C)Oc1ccc(Cl)cc1[C@H]1CC(=O)N[C@H](c2c(C)ccc(F)c2F)[C@]12C(=O)Nc1cc(Cl)ccc12. The first-order valence-corrected chi connectivity index (χ1v) is 13.5. The molecule has 2 heterocycles. The summed E-state index contributed by atoms with van der Waals surface area (Å²) in [6.07, 6.45) is -0.239. The monoisotopic (exact) mass is 602 g/mol. The summed E-state index contributed by atoms with van der Waals surface area (Å²) >= 11 is 12.7. The molecule has 3 aromatic rings. The molecule has 0 saturated carbocycles. The van der Waals surface area contributed by atoms with Gasteiger partial charge in [0.1, 0.15) is 11.2 Å². The second-order valence-corrected chi connectivity index (χ2v) is 11.5. The summed E-state index contributed by atoms with van der Waals surface area (Å²) in [6.45, 7) is 4.59. The molecular weight excluding hydrogens is 577 g/mol. The molecule has 5 rings (SSSR count). The van der Waals surface area contributed by atoms with Crippen molar-refractivity contribution in [1.29, 1.82) is 0 Å². The molecule has 2 aliphatic heterocycles. The van der Waals surface area contributed by atoms with Crippen molar-refractivity contribution < 1.29 is 32.6 Å². The quantitative estimate of drug-likeness (QED) is 0.342. The number of amides is 2. The van der Waals surface area contributed by atoms with Gasteiger partial charge in [0.2, 0.25) is 11.8 Å². The average Bonchev–Trinajstić information content (AvgIpc) is 3.19. The number of ether oxygens (including phenoxy) is 2. The zero-order valence-electron chi connectivity index (χ0n) is 22.5. The van der Waals surface area contributed by atoms with E-state index in [9.17, 15) is 18.8 Å². The maximum Gasteiger partial charge on any atom is 0.349 e. The minimum Gasteiger partial charge on any atom is -0.476 e. The Morgan fingerprint density at radius 3 is 2.44 bits per heavy atom. The third kappa shape index (κ3) is 4.61. The molecule has 0 radical (unpaired) electrons. The first-order chi connectivity index (χ1) is 19.3. The van der Waals surface area contributed by atoms with Crippen molar-refractivity contribution in [3.8, 4) is 5.75 Å². The summed E-state index contributed by atoms with van der Waals surface area (Å²) in [4.78, 5) is 40.1. The van der Waals surface area contributed by atoms with Crippen molar-refractivity contribution in [3.63, 3.8) is 0 Å². The zero-order valence-corrected chi connectivity index (χ0v) is 24.0. The van der Waals surface area contributed by atoms with E-state index in [-0.39, 0.29) is 22.8 Å². The third-order valence-corrected chi connectivity index (χ3v) is 8.25. The Morgan fingerprint density at radius 2 is 1.73 bits per heavy atom. The van der Waals surface area contributed by atoms with Crippen LogP contribution in [-0.4, -0.2) is 30.5 Å². The lowest BCUT2D eigenvalue weighted by Gasteiger charge is -2.47. The number of rotatable bonds is 5. The van der Waals surface area contributed by atoms with E-state index in [1.54, 1.807) is 37.3 Å². The van der Waals surface area contributed by atoms with Crippen LogP contribution in [0.15, 0.2) is 48.5 Å². The summed E-state index contributed by atoms with van der Waals surface area (Å²) < 4.78 is 41.3. The molecule has 2 aliphatic rings. The van der Waals surface area contributed by atoms with Gasteiger partial charge in [-0.2, -0.15) is 0 Å². The van der Waals surface area contributed by atoms with Gasteiger partial charge < -0.3 is 20.1 Å². The predicted octanol–water partition coefficient (Wildman–Crippen LogP) is 6.15. The summed E-state index contributed by atoms with van der Waals surface area (Å²) in [6, 6.07) is 10.4. The van der Waals surface area contributed by atoms with Gasteiger partial charge in [-0.3, -0.25) is 9.59 Å². The molecule has 1 fully saturated rings.